The van der Waals surface area contributed by atoms with Gasteiger partial charge >= 0.3 is 0 Å². The van der Waals surface area contributed by atoms with Crippen LogP contribution < -0.4 is 0 Å². The predicted octanol–water partition coefficient (Wildman–Crippen LogP) is 3.96. The molecular weight excluding hydrogens is 222 g/mol. The van der Waals surface area contributed by atoms with E-state index >= 15 is 0 Å². The molecule has 0 bridgehead atoms. The third-order valence-corrected chi connectivity index (χ3v) is 3.03. The number of hydrogen-bond acceptors (Lipinski definition) is 2. The molecule has 0 radical (unpaired) electrons. The minimum atomic E-state index is 0.395. The highest BCUT2D eigenvalue weighted by Gasteiger charge is 2.08. The van der Waals surface area contributed by atoms with Gasteiger partial charge in [-0.2, -0.15) is 5.10 Å². The normalized spacial score (nSPS) is 11.5. The zero-order chi connectivity index (χ0) is 13.3. The van der Waals surface area contributed by atoms with Gasteiger partial charge in [0.15, 0.2) is 0 Å². The van der Waals surface area contributed by atoms with E-state index in [9.17, 15) is 0 Å². The predicted molar refractivity (Wildman–Crippen MR) is 74.7 cm³/mol. The Labute approximate surface area is 109 Å². The van der Waals surface area contributed by atoms with Crippen LogP contribution in [-0.2, 0) is 0 Å². The van der Waals surface area contributed by atoms with Gasteiger partial charge in [0.2, 0.25) is 0 Å². The third-order valence-electron chi connectivity index (χ3n) is 3.03. The summed E-state index contributed by atoms with van der Waals surface area (Å²) in [5, 5.41) is 4.39. The Hall–Kier alpha value is -1.64. The molecule has 96 valence electrons. The minimum Gasteiger partial charge on any atom is -0.270 e. The van der Waals surface area contributed by atoms with Crippen LogP contribution >= 0.6 is 0 Å². The Morgan fingerprint density at radius 2 is 1.78 bits per heavy atom. The summed E-state index contributed by atoms with van der Waals surface area (Å²) >= 11 is 0. The Bertz CT molecular complexity index is 538. The van der Waals surface area contributed by atoms with Crippen LogP contribution in [0.2, 0.25) is 0 Å². The Kier molecular flexibility index (Phi) is 3.50. The van der Waals surface area contributed by atoms with E-state index in [0.717, 1.165) is 17.0 Å². The maximum absolute atomic E-state index is 4.57. The average molecular weight is 243 g/mol. The van der Waals surface area contributed by atoms with E-state index in [4.69, 9.17) is 0 Å². The molecule has 0 aliphatic carbocycles. The maximum Gasteiger partial charge on any atom is 0.0568 e. The number of hydrogen-bond donors (Lipinski definition) is 0. The molecule has 18 heavy (non-hydrogen) atoms. The molecule has 0 saturated carbocycles. The highest BCUT2D eigenvalue weighted by molar-refractivity contribution is 5.62. The van der Waals surface area contributed by atoms with Gasteiger partial charge in [0, 0.05) is 29.2 Å². The van der Waals surface area contributed by atoms with Crippen molar-refractivity contribution in [1.82, 2.24) is 14.8 Å². The molecule has 0 aliphatic heterocycles. The van der Waals surface area contributed by atoms with Gasteiger partial charge in [0.25, 0.3) is 0 Å². The lowest BCUT2D eigenvalue weighted by molar-refractivity contribution is 0.532. The number of nitrogens with zero attached hydrogens (tertiary/aromatic N) is 3. The molecule has 0 amide bonds. The molecule has 0 fully saturated rings. The molecule has 0 saturated heterocycles. The Balaban J connectivity index is 2.43. The third kappa shape index (κ3) is 2.61. The first-order chi connectivity index (χ1) is 8.47. The number of pyridine rings is 1. The lowest BCUT2D eigenvalue weighted by Gasteiger charge is -2.08. The maximum atomic E-state index is 4.57. The van der Waals surface area contributed by atoms with Crippen LogP contribution in [0.3, 0.4) is 0 Å². The van der Waals surface area contributed by atoms with Crippen LogP contribution in [0.4, 0.5) is 0 Å². The number of rotatable bonds is 3. The van der Waals surface area contributed by atoms with Crippen LogP contribution in [0.25, 0.3) is 11.1 Å². The zero-order valence-corrected chi connectivity index (χ0v) is 11.8. The van der Waals surface area contributed by atoms with Crippen molar-refractivity contribution in [3.8, 4) is 11.1 Å². The highest BCUT2D eigenvalue weighted by Crippen LogP contribution is 2.24. The van der Waals surface area contributed by atoms with E-state index in [1.807, 2.05) is 17.8 Å². The highest BCUT2D eigenvalue weighted by atomic mass is 15.3. The Morgan fingerprint density at radius 3 is 2.33 bits per heavy atom. The largest absolute Gasteiger partial charge is 0.270 e. The van der Waals surface area contributed by atoms with Crippen molar-refractivity contribution in [2.24, 2.45) is 0 Å². The fraction of sp³-hybridized carbons (Fsp3) is 0.467. The van der Waals surface area contributed by atoms with Gasteiger partial charge in [-0.15, -0.1) is 0 Å². The van der Waals surface area contributed by atoms with Crippen molar-refractivity contribution in [2.75, 3.05) is 0 Å². The molecule has 2 aromatic rings. The van der Waals surface area contributed by atoms with Crippen LogP contribution in [-0.4, -0.2) is 14.8 Å². The summed E-state index contributed by atoms with van der Waals surface area (Å²) in [5.41, 5.74) is 4.57. The summed E-state index contributed by atoms with van der Waals surface area (Å²) in [7, 11) is 0. The molecule has 3 nitrogen and oxygen atoms in total. The van der Waals surface area contributed by atoms with Crippen LogP contribution in [0.1, 0.15) is 51.0 Å². The summed E-state index contributed by atoms with van der Waals surface area (Å²) < 4.78 is 1.99. The first-order valence-corrected chi connectivity index (χ1v) is 6.50. The van der Waals surface area contributed by atoms with E-state index < -0.39 is 0 Å². The van der Waals surface area contributed by atoms with Crippen molar-refractivity contribution in [3.05, 3.63) is 35.9 Å². The second kappa shape index (κ2) is 4.92. The SMILES string of the molecule is Cc1cc(-c2cnn(C(C)C)c2)cc(C(C)C)n1. The molecule has 3 heteroatoms. The fourth-order valence-corrected chi connectivity index (χ4v) is 1.93. The molecule has 2 rings (SSSR count). The standard InChI is InChI=1S/C15H21N3/c1-10(2)15-7-13(6-12(5)17-15)14-8-16-18(9-14)11(3)4/h6-11H,1-5H3. The fourth-order valence-electron chi connectivity index (χ4n) is 1.93. The van der Waals surface area contributed by atoms with Crippen LogP contribution in [0.5, 0.6) is 0 Å². The first-order valence-electron chi connectivity index (χ1n) is 6.50. The summed E-state index contributed by atoms with van der Waals surface area (Å²) in [5.74, 6) is 0.448. The smallest absolute Gasteiger partial charge is 0.0568 e. The zero-order valence-electron chi connectivity index (χ0n) is 11.8. The van der Waals surface area contributed by atoms with Gasteiger partial charge in [0.1, 0.15) is 0 Å². The first kappa shape index (κ1) is 12.8. The molecule has 0 aliphatic rings. The molecule has 0 atom stereocenters. The van der Waals surface area contributed by atoms with Gasteiger partial charge in [-0.3, -0.25) is 9.67 Å². The summed E-state index contributed by atoms with van der Waals surface area (Å²) in [6.07, 6.45) is 4.03. The average Bonchev–Trinajstić information content (AvgIpc) is 2.77. The van der Waals surface area contributed by atoms with Crippen molar-refractivity contribution in [3.63, 3.8) is 0 Å². The number of aryl methyl sites for hydroxylation is 1. The topological polar surface area (TPSA) is 30.7 Å². The van der Waals surface area contributed by atoms with Gasteiger partial charge < -0.3 is 0 Å². The summed E-state index contributed by atoms with van der Waals surface area (Å²) in [4.78, 5) is 4.57. The second-order valence-corrected chi connectivity index (χ2v) is 5.38. The van der Waals surface area contributed by atoms with Gasteiger partial charge in [-0.05, 0) is 44.4 Å². The van der Waals surface area contributed by atoms with Crippen molar-refractivity contribution in [1.29, 1.82) is 0 Å². The van der Waals surface area contributed by atoms with Crippen LogP contribution in [0.15, 0.2) is 24.5 Å². The van der Waals surface area contributed by atoms with Crippen molar-refractivity contribution >= 4 is 0 Å². The van der Waals surface area contributed by atoms with E-state index in [-0.39, 0.29) is 0 Å². The van der Waals surface area contributed by atoms with E-state index in [0.29, 0.717) is 12.0 Å². The summed E-state index contributed by atoms with van der Waals surface area (Å²) in [6.45, 7) is 10.6. The number of aromatic nitrogens is 3. The minimum absolute atomic E-state index is 0.395. The van der Waals surface area contributed by atoms with E-state index in [2.05, 4.69) is 56.1 Å². The van der Waals surface area contributed by atoms with Gasteiger partial charge in [-0.25, -0.2) is 0 Å². The molecule has 0 aromatic carbocycles. The summed E-state index contributed by atoms with van der Waals surface area (Å²) in [6, 6.07) is 4.68. The van der Waals surface area contributed by atoms with Gasteiger partial charge in [0.05, 0.1) is 6.20 Å². The Morgan fingerprint density at radius 1 is 1.06 bits per heavy atom. The molecular formula is C15H21N3. The lowest BCUT2D eigenvalue weighted by Crippen LogP contribution is -1.99. The molecule has 0 unspecified atom stereocenters. The molecule has 2 aromatic heterocycles. The lowest BCUT2D eigenvalue weighted by atomic mass is 10.0. The quantitative estimate of drug-likeness (QED) is 0.817. The van der Waals surface area contributed by atoms with Crippen molar-refractivity contribution in [2.45, 2.75) is 46.6 Å². The second-order valence-electron chi connectivity index (χ2n) is 5.38. The van der Waals surface area contributed by atoms with Crippen molar-refractivity contribution < 1.29 is 0 Å². The molecule has 2 heterocycles. The van der Waals surface area contributed by atoms with Crippen LogP contribution in [0, 0.1) is 6.92 Å². The molecule has 0 N–H and O–H groups in total. The molecule has 0 spiro atoms. The van der Waals surface area contributed by atoms with Gasteiger partial charge in [-0.1, -0.05) is 13.8 Å². The van der Waals surface area contributed by atoms with E-state index in [1.54, 1.807) is 0 Å². The monoisotopic (exact) mass is 243 g/mol. The van der Waals surface area contributed by atoms with E-state index in [1.165, 1.54) is 5.56 Å².